The van der Waals surface area contributed by atoms with Crippen molar-refractivity contribution in [3.05, 3.63) is 59.7 Å². The summed E-state index contributed by atoms with van der Waals surface area (Å²) in [4.78, 5) is 0.0524. The minimum absolute atomic E-state index is 0.0524. The first-order valence-electron chi connectivity index (χ1n) is 6.34. The molecule has 0 bridgehead atoms. The molecule has 0 heterocycles. The zero-order valence-corrected chi connectivity index (χ0v) is 12.5. The van der Waals surface area contributed by atoms with Crippen molar-refractivity contribution in [1.29, 1.82) is 0 Å². The molecule has 118 valence electrons. The number of sulfone groups is 1. The summed E-state index contributed by atoms with van der Waals surface area (Å²) >= 11 is 0. The quantitative estimate of drug-likeness (QED) is 0.916. The van der Waals surface area contributed by atoms with Gasteiger partial charge in [-0.2, -0.15) is 0 Å². The molecule has 0 aliphatic rings. The Balaban J connectivity index is 2.13. The lowest BCUT2D eigenvalue weighted by Crippen LogP contribution is -2.13. The highest BCUT2D eigenvalue weighted by atomic mass is 32.2. The van der Waals surface area contributed by atoms with Gasteiger partial charge in [-0.1, -0.05) is 12.1 Å². The van der Waals surface area contributed by atoms with Crippen LogP contribution >= 0.6 is 0 Å². The molecular formula is C15H14F2O4S. The molecule has 22 heavy (non-hydrogen) atoms. The number of hydrogen-bond donors (Lipinski definition) is 1. The molecule has 0 amide bonds. The molecule has 2 rings (SSSR count). The predicted octanol–water partition coefficient (Wildman–Crippen LogP) is 2.48. The molecule has 2 aromatic rings. The van der Waals surface area contributed by atoms with E-state index in [1.165, 1.54) is 30.3 Å². The van der Waals surface area contributed by atoms with Gasteiger partial charge in [0.2, 0.25) is 0 Å². The van der Waals surface area contributed by atoms with Gasteiger partial charge in [0, 0.05) is 6.26 Å². The third kappa shape index (κ3) is 3.80. The summed E-state index contributed by atoms with van der Waals surface area (Å²) in [6.07, 6.45) is -0.460. The van der Waals surface area contributed by atoms with E-state index >= 15 is 0 Å². The molecule has 0 aliphatic heterocycles. The number of rotatable bonds is 5. The molecule has 1 N–H and O–H groups in total. The topological polar surface area (TPSA) is 63.6 Å². The zero-order chi connectivity index (χ0) is 16.3. The normalized spacial score (nSPS) is 12.9. The maximum atomic E-state index is 13.5. The van der Waals surface area contributed by atoms with Crippen LogP contribution < -0.4 is 4.74 Å². The summed E-state index contributed by atoms with van der Waals surface area (Å²) in [5.41, 5.74) is -0.484. The van der Waals surface area contributed by atoms with E-state index in [1.807, 2.05) is 0 Å². The van der Waals surface area contributed by atoms with Gasteiger partial charge in [0.25, 0.3) is 0 Å². The van der Waals surface area contributed by atoms with E-state index in [1.54, 1.807) is 0 Å². The Bertz CT molecular complexity index is 755. The summed E-state index contributed by atoms with van der Waals surface area (Å²) in [5, 5.41) is 9.85. The van der Waals surface area contributed by atoms with Crippen molar-refractivity contribution in [2.24, 2.45) is 0 Å². The van der Waals surface area contributed by atoms with Gasteiger partial charge >= 0.3 is 0 Å². The van der Waals surface area contributed by atoms with Crippen LogP contribution in [0.5, 0.6) is 5.75 Å². The second-order valence-electron chi connectivity index (χ2n) is 4.71. The van der Waals surface area contributed by atoms with Crippen molar-refractivity contribution in [1.82, 2.24) is 0 Å². The number of hydrogen-bond acceptors (Lipinski definition) is 4. The molecule has 0 aliphatic carbocycles. The molecule has 1 atom stereocenters. The number of aliphatic hydroxyl groups is 1. The van der Waals surface area contributed by atoms with Gasteiger partial charge in [-0.25, -0.2) is 17.2 Å². The van der Waals surface area contributed by atoms with Crippen LogP contribution in [0.3, 0.4) is 0 Å². The van der Waals surface area contributed by atoms with E-state index in [-0.39, 0.29) is 10.6 Å². The van der Waals surface area contributed by atoms with E-state index in [0.29, 0.717) is 0 Å². The Kier molecular flexibility index (Phi) is 4.77. The standard InChI is InChI=1S/C15H14F2O4S/c1-22(19,20)11-5-2-4-10(8-11)21-9-14(18)15-12(16)6-3-7-13(15)17/h2-8,14,18H,9H2,1H3. The molecule has 1 unspecified atom stereocenters. The number of benzene rings is 2. The van der Waals surface area contributed by atoms with Gasteiger partial charge in [-0.05, 0) is 30.3 Å². The van der Waals surface area contributed by atoms with Crippen LogP contribution in [0.4, 0.5) is 8.78 Å². The van der Waals surface area contributed by atoms with Crippen molar-refractivity contribution in [3.63, 3.8) is 0 Å². The minimum Gasteiger partial charge on any atom is -0.490 e. The third-order valence-electron chi connectivity index (χ3n) is 2.97. The first kappa shape index (κ1) is 16.4. The Morgan fingerprint density at radius 2 is 1.73 bits per heavy atom. The van der Waals surface area contributed by atoms with Crippen LogP contribution in [0.15, 0.2) is 47.4 Å². The molecule has 4 nitrogen and oxygen atoms in total. The van der Waals surface area contributed by atoms with E-state index in [4.69, 9.17) is 4.74 Å². The molecule has 0 fully saturated rings. The Labute approximate surface area is 126 Å². The Morgan fingerprint density at radius 1 is 1.14 bits per heavy atom. The first-order valence-corrected chi connectivity index (χ1v) is 8.23. The molecule has 2 aromatic carbocycles. The highest BCUT2D eigenvalue weighted by Crippen LogP contribution is 2.23. The van der Waals surface area contributed by atoms with Crippen LogP contribution in [-0.2, 0) is 9.84 Å². The second kappa shape index (κ2) is 6.41. The van der Waals surface area contributed by atoms with Crippen molar-refractivity contribution < 1.29 is 27.0 Å². The molecule has 7 heteroatoms. The van der Waals surface area contributed by atoms with E-state index in [0.717, 1.165) is 18.4 Å². The predicted molar refractivity (Wildman–Crippen MR) is 76.4 cm³/mol. The molecule has 0 aromatic heterocycles. The van der Waals surface area contributed by atoms with Crippen LogP contribution in [-0.4, -0.2) is 26.4 Å². The van der Waals surface area contributed by atoms with Crippen molar-refractivity contribution in [2.75, 3.05) is 12.9 Å². The zero-order valence-electron chi connectivity index (χ0n) is 11.7. The fourth-order valence-corrected chi connectivity index (χ4v) is 2.54. The lowest BCUT2D eigenvalue weighted by molar-refractivity contribution is 0.101. The average Bonchev–Trinajstić information content (AvgIpc) is 2.44. The third-order valence-corrected chi connectivity index (χ3v) is 4.08. The number of ether oxygens (including phenoxy) is 1. The SMILES string of the molecule is CS(=O)(=O)c1cccc(OCC(O)c2c(F)cccc2F)c1. The Morgan fingerprint density at radius 3 is 2.32 bits per heavy atom. The van der Waals surface area contributed by atoms with Crippen LogP contribution in [0.1, 0.15) is 11.7 Å². The van der Waals surface area contributed by atoms with Crippen molar-refractivity contribution in [2.45, 2.75) is 11.0 Å². The molecule has 0 saturated heterocycles. The monoisotopic (exact) mass is 328 g/mol. The van der Waals surface area contributed by atoms with Gasteiger partial charge in [0.05, 0.1) is 10.5 Å². The second-order valence-corrected chi connectivity index (χ2v) is 6.72. The highest BCUT2D eigenvalue weighted by molar-refractivity contribution is 7.90. The van der Waals surface area contributed by atoms with Gasteiger partial charge in [-0.15, -0.1) is 0 Å². The summed E-state index contributed by atoms with van der Waals surface area (Å²) in [6, 6.07) is 8.89. The van der Waals surface area contributed by atoms with Gasteiger partial charge in [-0.3, -0.25) is 0 Å². The molecule has 0 radical (unpaired) electrons. The summed E-state index contributed by atoms with van der Waals surface area (Å²) in [7, 11) is -3.39. The van der Waals surface area contributed by atoms with Crippen molar-refractivity contribution in [3.8, 4) is 5.75 Å². The van der Waals surface area contributed by atoms with Crippen LogP contribution in [0, 0.1) is 11.6 Å². The fourth-order valence-electron chi connectivity index (χ4n) is 1.88. The first-order chi connectivity index (χ1) is 10.3. The lowest BCUT2D eigenvalue weighted by atomic mass is 10.1. The number of halogens is 2. The smallest absolute Gasteiger partial charge is 0.175 e. The largest absolute Gasteiger partial charge is 0.490 e. The van der Waals surface area contributed by atoms with Crippen LogP contribution in [0.25, 0.3) is 0 Å². The lowest BCUT2D eigenvalue weighted by Gasteiger charge is -2.14. The minimum atomic E-state index is -3.39. The summed E-state index contributed by atoms with van der Waals surface area (Å²) in [6.45, 7) is -0.412. The molecule has 0 saturated carbocycles. The van der Waals surface area contributed by atoms with Gasteiger partial charge in [0.15, 0.2) is 9.84 Å². The fraction of sp³-hybridized carbons (Fsp3) is 0.200. The van der Waals surface area contributed by atoms with E-state index in [2.05, 4.69) is 0 Å². The highest BCUT2D eigenvalue weighted by Gasteiger charge is 2.18. The van der Waals surface area contributed by atoms with E-state index in [9.17, 15) is 22.3 Å². The van der Waals surface area contributed by atoms with E-state index < -0.39 is 39.7 Å². The summed E-state index contributed by atoms with van der Waals surface area (Å²) < 4.78 is 55.1. The summed E-state index contributed by atoms with van der Waals surface area (Å²) in [5.74, 6) is -1.57. The van der Waals surface area contributed by atoms with Crippen LogP contribution in [0.2, 0.25) is 0 Å². The maximum absolute atomic E-state index is 13.5. The average molecular weight is 328 g/mol. The van der Waals surface area contributed by atoms with Gasteiger partial charge < -0.3 is 9.84 Å². The van der Waals surface area contributed by atoms with Gasteiger partial charge in [0.1, 0.15) is 30.1 Å². The Hall–Kier alpha value is -1.99. The maximum Gasteiger partial charge on any atom is 0.175 e. The molecular weight excluding hydrogens is 314 g/mol. The molecule has 0 spiro atoms. The van der Waals surface area contributed by atoms with Crippen molar-refractivity contribution >= 4 is 9.84 Å². The number of aliphatic hydroxyl groups excluding tert-OH is 1.